The molecule has 0 unspecified atom stereocenters. The molecule has 0 saturated carbocycles. The van der Waals surface area contributed by atoms with Gasteiger partial charge in [-0.15, -0.1) is 0 Å². The molecular formula is C16H17FN2O2. The van der Waals surface area contributed by atoms with Crippen LogP contribution < -0.4 is 4.74 Å². The van der Waals surface area contributed by atoms with Crippen LogP contribution in [0.3, 0.4) is 0 Å². The number of ether oxygens (including phenoxy) is 1. The summed E-state index contributed by atoms with van der Waals surface area (Å²) in [5.41, 5.74) is 1.67. The van der Waals surface area contributed by atoms with E-state index >= 15 is 0 Å². The molecule has 1 N–H and O–H groups in total. The minimum Gasteiger partial charge on any atom is -0.487 e. The topological polar surface area (TPSA) is 45.3 Å². The minimum absolute atomic E-state index is 0.00587. The summed E-state index contributed by atoms with van der Waals surface area (Å²) in [5.74, 6) is 0.335. The molecule has 5 heteroatoms. The molecule has 1 saturated heterocycles. The van der Waals surface area contributed by atoms with E-state index in [0.29, 0.717) is 24.5 Å². The molecule has 1 aromatic heterocycles. The quantitative estimate of drug-likeness (QED) is 0.940. The van der Waals surface area contributed by atoms with Crippen LogP contribution >= 0.6 is 0 Å². The molecule has 110 valence electrons. The number of hydrogen-bond acceptors (Lipinski definition) is 2. The lowest BCUT2D eigenvalue weighted by molar-refractivity contribution is 0.0173. The van der Waals surface area contributed by atoms with Crippen molar-refractivity contribution in [3.8, 4) is 5.75 Å². The monoisotopic (exact) mass is 288 g/mol. The average Bonchev–Trinajstić information content (AvgIpc) is 2.92. The standard InChI is InChI=1S/C16H17FN2O2/c1-2-12-5-8-15(18-12)16(20)19-9-14(10-19)21-13-6-3-11(17)4-7-13/h3-8,14,18H,2,9-10H2,1H3. The van der Waals surface area contributed by atoms with Crippen molar-refractivity contribution in [3.63, 3.8) is 0 Å². The molecule has 21 heavy (non-hydrogen) atoms. The lowest BCUT2D eigenvalue weighted by atomic mass is 10.1. The summed E-state index contributed by atoms with van der Waals surface area (Å²) in [4.78, 5) is 17.0. The Kier molecular flexibility index (Phi) is 3.64. The second-order valence-electron chi connectivity index (χ2n) is 5.15. The number of H-pyrrole nitrogens is 1. The van der Waals surface area contributed by atoms with E-state index in [9.17, 15) is 9.18 Å². The molecule has 0 radical (unpaired) electrons. The van der Waals surface area contributed by atoms with Crippen molar-refractivity contribution >= 4 is 5.91 Å². The van der Waals surface area contributed by atoms with E-state index in [2.05, 4.69) is 4.98 Å². The van der Waals surface area contributed by atoms with Gasteiger partial charge in [-0.1, -0.05) is 6.92 Å². The summed E-state index contributed by atoms with van der Waals surface area (Å²) < 4.78 is 18.5. The molecule has 1 aliphatic heterocycles. The summed E-state index contributed by atoms with van der Waals surface area (Å²) in [6, 6.07) is 9.66. The van der Waals surface area contributed by atoms with Gasteiger partial charge in [0.1, 0.15) is 23.4 Å². The maximum absolute atomic E-state index is 12.8. The Balaban J connectivity index is 1.53. The van der Waals surface area contributed by atoms with E-state index in [1.165, 1.54) is 12.1 Å². The molecule has 0 aliphatic carbocycles. The van der Waals surface area contributed by atoms with Crippen molar-refractivity contribution in [2.75, 3.05) is 13.1 Å². The van der Waals surface area contributed by atoms with Gasteiger partial charge in [0.2, 0.25) is 0 Å². The number of nitrogens with zero attached hydrogens (tertiary/aromatic N) is 1. The van der Waals surface area contributed by atoms with E-state index in [1.54, 1.807) is 17.0 Å². The third-order valence-corrected chi connectivity index (χ3v) is 3.61. The highest BCUT2D eigenvalue weighted by Gasteiger charge is 2.33. The van der Waals surface area contributed by atoms with Crippen molar-refractivity contribution in [2.24, 2.45) is 0 Å². The number of hydrogen-bond donors (Lipinski definition) is 1. The van der Waals surface area contributed by atoms with Gasteiger partial charge in [-0.2, -0.15) is 0 Å². The Labute approximate surface area is 122 Å². The third kappa shape index (κ3) is 2.91. The Morgan fingerprint density at radius 3 is 2.62 bits per heavy atom. The summed E-state index contributed by atoms with van der Waals surface area (Å²) >= 11 is 0. The number of aromatic nitrogens is 1. The zero-order chi connectivity index (χ0) is 14.8. The van der Waals surface area contributed by atoms with E-state index in [-0.39, 0.29) is 17.8 Å². The summed E-state index contributed by atoms with van der Waals surface area (Å²) in [6.07, 6.45) is 0.851. The zero-order valence-corrected chi connectivity index (χ0v) is 11.8. The fourth-order valence-electron chi connectivity index (χ4n) is 2.33. The first kappa shape index (κ1) is 13.7. The first-order valence-electron chi connectivity index (χ1n) is 7.05. The van der Waals surface area contributed by atoms with Crippen molar-refractivity contribution < 1.29 is 13.9 Å². The lowest BCUT2D eigenvalue weighted by Gasteiger charge is -2.38. The number of nitrogens with one attached hydrogen (secondary N) is 1. The molecule has 2 aromatic rings. The molecule has 1 aromatic carbocycles. The van der Waals surface area contributed by atoms with Crippen LogP contribution in [-0.2, 0) is 6.42 Å². The van der Waals surface area contributed by atoms with Gasteiger partial charge in [0, 0.05) is 5.69 Å². The summed E-state index contributed by atoms with van der Waals surface area (Å²) in [7, 11) is 0. The fraction of sp³-hybridized carbons (Fsp3) is 0.312. The van der Waals surface area contributed by atoms with Crippen LogP contribution in [0.2, 0.25) is 0 Å². The molecule has 0 spiro atoms. The van der Waals surface area contributed by atoms with Crippen LogP contribution in [0.1, 0.15) is 23.1 Å². The maximum Gasteiger partial charge on any atom is 0.270 e. The van der Waals surface area contributed by atoms with Crippen LogP contribution in [-0.4, -0.2) is 35.0 Å². The number of aryl methyl sites for hydroxylation is 1. The summed E-state index contributed by atoms with van der Waals surface area (Å²) in [6.45, 7) is 3.14. The van der Waals surface area contributed by atoms with Gasteiger partial charge in [0.25, 0.3) is 5.91 Å². The number of aromatic amines is 1. The molecule has 1 aliphatic rings. The van der Waals surface area contributed by atoms with Gasteiger partial charge in [-0.25, -0.2) is 4.39 Å². The summed E-state index contributed by atoms with van der Waals surface area (Å²) in [5, 5.41) is 0. The van der Waals surface area contributed by atoms with Gasteiger partial charge in [0.15, 0.2) is 0 Å². The van der Waals surface area contributed by atoms with E-state index in [1.807, 2.05) is 19.1 Å². The SMILES string of the molecule is CCc1ccc(C(=O)N2CC(Oc3ccc(F)cc3)C2)[nH]1. The predicted octanol–water partition coefficient (Wildman–Crippen LogP) is 2.62. The van der Waals surface area contributed by atoms with Gasteiger partial charge < -0.3 is 14.6 Å². The van der Waals surface area contributed by atoms with Crippen molar-refractivity contribution in [2.45, 2.75) is 19.4 Å². The number of benzene rings is 1. The smallest absolute Gasteiger partial charge is 0.270 e. The van der Waals surface area contributed by atoms with Gasteiger partial charge in [-0.3, -0.25) is 4.79 Å². The van der Waals surface area contributed by atoms with E-state index < -0.39 is 0 Å². The first-order valence-corrected chi connectivity index (χ1v) is 7.05. The number of halogens is 1. The fourth-order valence-corrected chi connectivity index (χ4v) is 2.33. The van der Waals surface area contributed by atoms with Gasteiger partial charge in [-0.05, 0) is 42.8 Å². The van der Waals surface area contributed by atoms with Crippen LogP contribution in [0.15, 0.2) is 36.4 Å². The Morgan fingerprint density at radius 1 is 1.29 bits per heavy atom. The lowest BCUT2D eigenvalue weighted by Crippen LogP contribution is -2.56. The Morgan fingerprint density at radius 2 is 2.00 bits per heavy atom. The van der Waals surface area contributed by atoms with Crippen molar-refractivity contribution in [3.05, 3.63) is 53.6 Å². The molecule has 0 atom stereocenters. The highest BCUT2D eigenvalue weighted by molar-refractivity contribution is 5.93. The van der Waals surface area contributed by atoms with E-state index in [4.69, 9.17) is 4.74 Å². The highest BCUT2D eigenvalue weighted by atomic mass is 19.1. The minimum atomic E-state index is -0.286. The molecule has 2 heterocycles. The molecule has 1 fully saturated rings. The van der Waals surface area contributed by atoms with Crippen molar-refractivity contribution in [1.82, 2.24) is 9.88 Å². The predicted molar refractivity (Wildman–Crippen MR) is 76.9 cm³/mol. The molecule has 0 bridgehead atoms. The average molecular weight is 288 g/mol. The molecular weight excluding hydrogens is 271 g/mol. The van der Waals surface area contributed by atoms with Crippen LogP contribution in [0.4, 0.5) is 4.39 Å². The Hall–Kier alpha value is -2.30. The highest BCUT2D eigenvalue weighted by Crippen LogP contribution is 2.20. The number of likely N-dealkylation sites (tertiary alicyclic amines) is 1. The first-order chi connectivity index (χ1) is 10.2. The van der Waals surface area contributed by atoms with Gasteiger partial charge in [0.05, 0.1) is 13.1 Å². The Bertz CT molecular complexity index is 630. The van der Waals surface area contributed by atoms with Crippen molar-refractivity contribution in [1.29, 1.82) is 0 Å². The van der Waals surface area contributed by atoms with Crippen LogP contribution in [0, 0.1) is 5.82 Å². The largest absolute Gasteiger partial charge is 0.487 e. The zero-order valence-electron chi connectivity index (χ0n) is 11.8. The normalized spacial score (nSPS) is 14.9. The third-order valence-electron chi connectivity index (χ3n) is 3.61. The number of amides is 1. The van der Waals surface area contributed by atoms with Crippen LogP contribution in [0.5, 0.6) is 5.75 Å². The molecule has 3 rings (SSSR count). The second kappa shape index (κ2) is 5.60. The molecule has 4 nitrogen and oxygen atoms in total. The van der Waals surface area contributed by atoms with E-state index in [0.717, 1.165) is 12.1 Å². The number of carbonyl (C=O) groups excluding carboxylic acids is 1. The maximum atomic E-state index is 12.8. The van der Waals surface area contributed by atoms with Crippen LogP contribution in [0.25, 0.3) is 0 Å². The number of carbonyl (C=O) groups is 1. The second-order valence-corrected chi connectivity index (χ2v) is 5.15. The number of rotatable bonds is 4. The molecule has 1 amide bonds. The van der Waals surface area contributed by atoms with Gasteiger partial charge >= 0.3 is 0 Å².